The maximum Gasteiger partial charge on any atom is 0.387 e. The standard InChI is InChI=1S/C19H21F4N5O.HI/c1-24-19(26-10-13-14(20)4-2-6-16(13)29-18(22)23)27-12-7-9-28(11-12)17-15(21)5-3-8-25-17;/h2-6,8,12,18H,7,9-11H2,1H3,(H2,24,26,27);1H. The third kappa shape index (κ3) is 6.09. The van der Waals surface area contributed by atoms with Crippen LogP contribution in [0.3, 0.4) is 0 Å². The van der Waals surface area contributed by atoms with E-state index in [1.807, 2.05) is 4.90 Å². The largest absolute Gasteiger partial charge is 0.434 e. The van der Waals surface area contributed by atoms with Crippen molar-refractivity contribution >= 4 is 35.8 Å². The molecule has 3 rings (SSSR count). The van der Waals surface area contributed by atoms with Crippen LogP contribution in [0.5, 0.6) is 5.75 Å². The van der Waals surface area contributed by atoms with Crippen LogP contribution >= 0.6 is 24.0 Å². The van der Waals surface area contributed by atoms with Crippen molar-refractivity contribution in [3.8, 4) is 5.75 Å². The second-order valence-electron chi connectivity index (χ2n) is 6.41. The summed E-state index contributed by atoms with van der Waals surface area (Å²) < 4.78 is 57.4. The van der Waals surface area contributed by atoms with Gasteiger partial charge in [-0.3, -0.25) is 4.99 Å². The van der Waals surface area contributed by atoms with E-state index in [1.165, 1.54) is 36.5 Å². The number of aliphatic imine (C=N–C) groups is 1. The van der Waals surface area contributed by atoms with Crippen molar-refractivity contribution in [1.29, 1.82) is 0 Å². The molecule has 1 saturated heterocycles. The first-order valence-corrected chi connectivity index (χ1v) is 9.02. The highest BCUT2D eigenvalue weighted by atomic mass is 127. The van der Waals surface area contributed by atoms with E-state index in [9.17, 15) is 17.6 Å². The van der Waals surface area contributed by atoms with Gasteiger partial charge in [0, 0.05) is 44.5 Å². The number of pyridine rings is 1. The molecular weight excluding hydrogens is 517 g/mol. The highest BCUT2D eigenvalue weighted by Crippen LogP contribution is 2.23. The van der Waals surface area contributed by atoms with Crippen LogP contribution in [0.4, 0.5) is 23.4 Å². The number of guanidine groups is 1. The SMILES string of the molecule is CN=C(NCc1c(F)cccc1OC(F)F)NC1CCN(c2ncccc2F)C1.I. The number of hydrogen-bond acceptors (Lipinski definition) is 4. The third-order valence-corrected chi connectivity index (χ3v) is 4.52. The minimum Gasteiger partial charge on any atom is -0.434 e. The second-order valence-corrected chi connectivity index (χ2v) is 6.41. The van der Waals surface area contributed by atoms with Gasteiger partial charge in [-0.15, -0.1) is 24.0 Å². The lowest BCUT2D eigenvalue weighted by atomic mass is 10.2. The summed E-state index contributed by atoms with van der Waals surface area (Å²) >= 11 is 0. The summed E-state index contributed by atoms with van der Waals surface area (Å²) in [5.74, 6) is -0.629. The third-order valence-electron chi connectivity index (χ3n) is 4.52. The van der Waals surface area contributed by atoms with Crippen LogP contribution in [-0.2, 0) is 6.54 Å². The first-order chi connectivity index (χ1) is 14.0. The summed E-state index contributed by atoms with van der Waals surface area (Å²) in [5.41, 5.74) is -0.0284. The van der Waals surface area contributed by atoms with Gasteiger partial charge < -0.3 is 20.3 Å². The zero-order valence-electron chi connectivity index (χ0n) is 16.1. The molecule has 2 aromatic rings. The molecule has 0 aliphatic carbocycles. The van der Waals surface area contributed by atoms with Gasteiger partial charge in [0.2, 0.25) is 0 Å². The van der Waals surface area contributed by atoms with Crippen LogP contribution in [0, 0.1) is 11.6 Å². The van der Waals surface area contributed by atoms with Crippen molar-refractivity contribution in [3.63, 3.8) is 0 Å². The van der Waals surface area contributed by atoms with E-state index >= 15 is 0 Å². The summed E-state index contributed by atoms with van der Waals surface area (Å²) in [6.07, 6.45) is 2.25. The van der Waals surface area contributed by atoms with Gasteiger partial charge >= 0.3 is 6.61 Å². The predicted octanol–water partition coefficient (Wildman–Crippen LogP) is 3.52. The van der Waals surface area contributed by atoms with E-state index in [0.717, 1.165) is 6.42 Å². The van der Waals surface area contributed by atoms with Crippen LogP contribution in [0.2, 0.25) is 0 Å². The molecule has 0 amide bonds. The van der Waals surface area contributed by atoms with Gasteiger partial charge in [-0.05, 0) is 30.7 Å². The zero-order chi connectivity index (χ0) is 20.8. The molecule has 164 valence electrons. The van der Waals surface area contributed by atoms with E-state index in [4.69, 9.17) is 0 Å². The summed E-state index contributed by atoms with van der Waals surface area (Å²) in [4.78, 5) is 9.98. The molecule has 11 heteroatoms. The Balaban J connectivity index is 0.00000320. The molecule has 0 saturated carbocycles. The lowest BCUT2D eigenvalue weighted by Gasteiger charge is -2.20. The Kier molecular flexibility index (Phi) is 8.93. The Bertz CT molecular complexity index is 871. The number of hydrogen-bond donors (Lipinski definition) is 2. The number of aromatic nitrogens is 1. The molecule has 1 aliphatic heterocycles. The molecule has 1 aliphatic rings. The van der Waals surface area contributed by atoms with Crippen LogP contribution in [0.1, 0.15) is 12.0 Å². The number of nitrogens with zero attached hydrogens (tertiary/aromatic N) is 3. The normalized spacial score (nSPS) is 16.4. The quantitative estimate of drug-likeness (QED) is 0.255. The number of nitrogens with one attached hydrogen (secondary N) is 2. The van der Waals surface area contributed by atoms with Crippen molar-refractivity contribution in [2.45, 2.75) is 25.6 Å². The summed E-state index contributed by atoms with van der Waals surface area (Å²) in [6.45, 7) is -2.03. The van der Waals surface area contributed by atoms with Crippen molar-refractivity contribution in [2.75, 3.05) is 25.0 Å². The van der Waals surface area contributed by atoms with E-state index in [2.05, 4.69) is 25.3 Å². The molecule has 0 bridgehead atoms. The lowest BCUT2D eigenvalue weighted by Crippen LogP contribution is -2.44. The molecule has 1 fully saturated rings. The van der Waals surface area contributed by atoms with Gasteiger partial charge in [0.1, 0.15) is 11.6 Å². The topological polar surface area (TPSA) is 61.8 Å². The minimum atomic E-state index is -3.05. The minimum absolute atomic E-state index is 0. The maximum absolute atomic E-state index is 14.1. The number of ether oxygens (including phenoxy) is 1. The fourth-order valence-electron chi connectivity index (χ4n) is 3.16. The molecule has 6 nitrogen and oxygen atoms in total. The van der Waals surface area contributed by atoms with Crippen LogP contribution in [0.25, 0.3) is 0 Å². The predicted molar refractivity (Wildman–Crippen MR) is 117 cm³/mol. The molecule has 0 spiro atoms. The van der Waals surface area contributed by atoms with E-state index in [0.29, 0.717) is 24.9 Å². The van der Waals surface area contributed by atoms with Gasteiger partial charge in [-0.2, -0.15) is 8.78 Å². The molecule has 1 aromatic heterocycles. The van der Waals surface area contributed by atoms with Crippen LogP contribution < -0.4 is 20.3 Å². The summed E-state index contributed by atoms with van der Waals surface area (Å²) in [5, 5.41) is 6.07. The number of alkyl halides is 2. The molecule has 1 atom stereocenters. The van der Waals surface area contributed by atoms with Crippen molar-refractivity contribution < 1.29 is 22.3 Å². The van der Waals surface area contributed by atoms with Gasteiger partial charge in [0.05, 0.1) is 0 Å². The lowest BCUT2D eigenvalue weighted by molar-refractivity contribution is -0.0506. The Hall–Kier alpha value is -2.31. The summed E-state index contributed by atoms with van der Waals surface area (Å²) in [7, 11) is 1.54. The molecule has 1 unspecified atom stereocenters. The van der Waals surface area contributed by atoms with Gasteiger partial charge in [-0.25, -0.2) is 13.8 Å². The molecule has 1 aromatic carbocycles. The number of benzene rings is 1. The maximum atomic E-state index is 14.1. The van der Waals surface area contributed by atoms with E-state index < -0.39 is 12.4 Å². The van der Waals surface area contributed by atoms with E-state index in [-0.39, 0.29) is 53.7 Å². The number of rotatable bonds is 6. The number of halogens is 5. The fraction of sp³-hybridized carbons (Fsp3) is 0.368. The molecule has 0 radical (unpaired) electrons. The molecular formula is C19H22F4IN5O. The molecule has 30 heavy (non-hydrogen) atoms. The van der Waals surface area contributed by atoms with Gasteiger partial charge in [-0.1, -0.05) is 6.07 Å². The highest BCUT2D eigenvalue weighted by molar-refractivity contribution is 14.0. The zero-order valence-corrected chi connectivity index (χ0v) is 18.4. The fourth-order valence-corrected chi connectivity index (χ4v) is 3.16. The Labute approximate surface area is 188 Å². The summed E-state index contributed by atoms with van der Waals surface area (Å²) in [6, 6.07) is 6.59. The molecule has 2 heterocycles. The van der Waals surface area contributed by atoms with Crippen LogP contribution in [0.15, 0.2) is 41.5 Å². The molecule has 2 N–H and O–H groups in total. The monoisotopic (exact) mass is 539 g/mol. The first kappa shape index (κ1) is 24.0. The van der Waals surface area contributed by atoms with Crippen LogP contribution in [-0.4, -0.2) is 43.7 Å². The van der Waals surface area contributed by atoms with Gasteiger partial charge in [0.25, 0.3) is 0 Å². The first-order valence-electron chi connectivity index (χ1n) is 9.02. The van der Waals surface area contributed by atoms with Crippen molar-refractivity contribution in [2.24, 2.45) is 4.99 Å². The second kappa shape index (κ2) is 11.2. The Morgan fingerprint density at radius 1 is 1.27 bits per heavy atom. The average molecular weight is 539 g/mol. The van der Waals surface area contributed by atoms with Crippen molar-refractivity contribution in [1.82, 2.24) is 15.6 Å². The Morgan fingerprint density at radius 2 is 2.03 bits per heavy atom. The highest BCUT2D eigenvalue weighted by Gasteiger charge is 2.26. The van der Waals surface area contributed by atoms with E-state index in [1.54, 1.807) is 7.05 Å². The smallest absolute Gasteiger partial charge is 0.387 e. The number of anilines is 1. The average Bonchev–Trinajstić information content (AvgIpc) is 3.14. The van der Waals surface area contributed by atoms with Crippen molar-refractivity contribution in [3.05, 3.63) is 53.7 Å². The van der Waals surface area contributed by atoms with Gasteiger partial charge in [0.15, 0.2) is 17.6 Å². The Morgan fingerprint density at radius 3 is 2.73 bits per heavy atom.